The number of hydrogen-bond donors (Lipinski definition) is 1. The highest BCUT2D eigenvalue weighted by Gasteiger charge is 2.27. The quantitative estimate of drug-likeness (QED) is 0.0161. The molecule has 0 heterocycles. The monoisotopic (exact) mass is 935 g/mol. The number of amides is 1. The SMILES string of the molecule is CCCC/C=C\CCCCCCCC(=O)OC(/C=C/CCCCCCCCCCCCC)C(COP(=O)([O-])OCC[N+](C)(C)C)NC(=O)CCCCCCCC/C=C/C=C/CCCCC. The first-order valence-electron chi connectivity index (χ1n) is 27.0. The van der Waals surface area contributed by atoms with Crippen molar-refractivity contribution in [2.75, 3.05) is 40.9 Å². The van der Waals surface area contributed by atoms with Crippen LogP contribution in [0.15, 0.2) is 48.6 Å². The number of carbonyl (C=O) groups is 2. The van der Waals surface area contributed by atoms with Crippen LogP contribution in [0.4, 0.5) is 0 Å². The zero-order valence-corrected chi connectivity index (χ0v) is 44.1. The second-order valence-corrected chi connectivity index (χ2v) is 20.8. The summed E-state index contributed by atoms with van der Waals surface area (Å²) in [5.74, 6) is -0.565. The van der Waals surface area contributed by atoms with Gasteiger partial charge in [0, 0.05) is 12.8 Å². The number of phosphoric acid groups is 1. The first-order chi connectivity index (χ1) is 31.4. The van der Waals surface area contributed by atoms with Gasteiger partial charge in [-0.2, -0.15) is 0 Å². The standard InChI is InChI=1S/C55H103N2O7P/c1-7-10-13-16-19-22-25-27-28-30-33-35-38-41-44-47-54(58)56-52(51-63-65(60,61)62-50-49-57(4,5)6)53(46-43-40-37-34-32-29-26-23-20-17-14-11-8-2)64-55(59)48-45-42-39-36-31-24-21-18-15-12-9-3/h18-19,21-22,25,27,43,46,52-53H,7-17,20,23-24,26,28-42,44-45,47-51H2,1-6H3,(H-,56,58,60,61)/b21-18-,22-19+,27-25+,46-43+. The third kappa shape index (κ3) is 46.9. The average Bonchev–Trinajstić information content (AvgIpc) is 3.26. The number of allylic oxidation sites excluding steroid dienone is 7. The molecule has 0 saturated heterocycles. The van der Waals surface area contributed by atoms with E-state index < -0.39 is 26.6 Å². The fourth-order valence-corrected chi connectivity index (χ4v) is 8.22. The van der Waals surface area contributed by atoms with Crippen molar-refractivity contribution in [3.05, 3.63) is 48.6 Å². The Balaban J connectivity index is 5.44. The van der Waals surface area contributed by atoms with E-state index in [-0.39, 0.29) is 24.9 Å². The molecule has 0 aromatic carbocycles. The second-order valence-electron chi connectivity index (χ2n) is 19.4. The number of likely N-dealkylation sites (N-methyl/N-ethyl adjacent to an activating group) is 1. The molecule has 10 heteroatoms. The number of ether oxygens (including phenoxy) is 1. The lowest BCUT2D eigenvalue weighted by atomic mass is 10.0. The molecule has 0 aliphatic heterocycles. The molecule has 0 saturated carbocycles. The van der Waals surface area contributed by atoms with Gasteiger partial charge < -0.3 is 28.5 Å². The van der Waals surface area contributed by atoms with Crippen molar-refractivity contribution in [1.82, 2.24) is 5.32 Å². The number of quaternary nitrogens is 1. The van der Waals surface area contributed by atoms with Crippen molar-refractivity contribution in [1.29, 1.82) is 0 Å². The summed E-state index contributed by atoms with van der Waals surface area (Å²) in [5.41, 5.74) is 0. The van der Waals surface area contributed by atoms with E-state index >= 15 is 0 Å². The highest BCUT2D eigenvalue weighted by molar-refractivity contribution is 7.45. The third-order valence-electron chi connectivity index (χ3n) is 11.8. The molecular weight excluding hydrogens is 832 g/mol. The third-order valence-corrected chi connectivity index (χ3v) is 12.7. The molecule has 0 aliphatic rings. The van der Waals surface area contributed by atoms with E-state index in [2.05, 4.69) is 62.5 Å². The van der Waals surface area contributed by atoms with E-state index in [1.807, 2.05) is 33.3 Å². The maximum absolute atomic E-state index is 13.4. The van der Waals surface area contributed by atoms with Gasteiger partial charge in [0.1, 0.15) is 19.3 Å². The van der Waals surface area contributed by atoms with Crippen LogP contribution in [-0.2, 0) is 27.9 Å². The molecule has 9 nitrogen and oxygen atoms in total. The zero-order valence-electron chi connectivity index (χ0n) is 43.2. The molecule has 0 aromatic heterocycles. The number of esters is 1. The molecule has 0 spiro atoms. The van der Waals surface area contributed by atoms with Crippen LogP contribution in [0.25, 0.3) is 0 Å². The lowest BCUT2D eigenvalue weighted by molar-refractivity contribution is -0.870. The normalized spacial score (nSPS) is 14.3. The van der Waals surface area contributed by atoms with Crippen LogP contribution in [0.2, 0.25) is 0 Å². The van der Waals surface area contributed by atoms with E-state index in [9.17, 15) is 19.0 Å². The van der Waals surface area contributed by atoms with Crippen LogP contribution in [0.3, 0.4) is 0 Å². The van der Waals surface area contributed by atoms with Crippen molar-refractivity contribution < 1.29 is 37.3 Å². The Morgan fingerprint density at radius 3 is 1.48 bits per heavy atom. The van der Waals surface area contributed by atoms with Crippen molar-refractivity contribution >= 4 is 19.7 Å². The summed E-state index contributed by atoms with van der Waals surface area (Å²) >= 11 is 0. The first-order valence-corrected chi connectivity index (χ1v) is 28.4. The highest BCUT2D eigenvalue weighted by Crippen LogP contribution is 2.38. The number of carbonyl (C=O) groups excluding carboxylic acids is 2. The first kappa shape index (κ1) is 63.0. The Morgan fingerprint density at radius 1 is 0.538 bits per heavy atom. The largest absolute Gasteiger partial charge is 0.756 e. The molecule has 0 fully saturated rings. The summed E-state index contributed by atoms with van der Waals surface area (Å²) in [6.45, 7) is 6.75. The molecule has 0 radical (unpaired) electrons. The van der Waals surface area contributed by atoms with Gasteiger partial charge in [0.05, 0.1) is 33.8 Å². The predicted octanol–water partition coefficient (Wildman–Crippen LogP) is 15.1. The Kier molecular flexibility index (Phi) is 44.3. The van der Waals surface area contributed by atoms with Crippen molar-refractivity contribution in [3.63, 3.8) is 0 Å². The molecule has 0 aromatic rings. The van der Waals surface area contributed by atoms with Crippen LogP contribution >= 0.6 is 7.82 Å². The Bertz CT molecular complexity index is 1260. The van der Waals surface area contributed by atoms with Gasteiger partial charge in [-0.05, 0) is 76.7 Å². The molecule has 0 rings (SSSR count). The molecule has 380 valence electrons. The maximum atomic E-state index is 13.4. The molecular formula is C55H103N2O7P. The van der Waals surface area contributed by atoms with E-state index in [0.29, 0.717) is 17.4 Å². The molecule has 1 N–H and O–H groups in total. The van der Waals surface area contributed by atoms with E-state index in [1.54, 1.807) is 0 Å². The fourth-order valence-electron chi connectivity index (χ4n) is 7.49. The number of nitrogens with one attached hydrogen (secondary N) is 1. The van der Waals surface area contributed by atoms with Gasteiger partial charge in [-0.3, -0.25) is 14.2 Å². The van der Waals surface area contributed by atoms with Gasteiger partial charge in [-0.15, -0.1) is 0 Å². The number of phosphoric ester groups is 1. The van der Waals surface area contributed by atoms with E-state index in [0.717, 1.165) is 116 Å². The Labute approximate surface area is 401 Å². The minimum Gasteiger partial charge on any atom is -0.756 e. The molecule has 1 amide bonds. The summed E-state index contributed by atoms with van der Waals surface area (Å²) in [5, 5.41) is 3.00. The molecule has 3 atom stereocenters. The van der Waals surface area contributed by atoms with Crippen molar-refractivity contribution in [2.24, 2.45) is 0 Å². The summed E-state index contributed by atoms with van der Waals surface area (Å²) in [4.78, 5) is 39.7. The minimum absolute atomic E-state index is 0.0263. The number of nitrogens with zero attached hydrogens (tertiary/aromatic N) is 1. The lowest BCUT2D eigenvalue weighted by Gasteiger charge is -2.30. The summed E-state index contributed by atoms with van der Waals surface area (Å²) < 4.78 is 30.1. The average molecular weight is 935 g/mol. The number of rotatable bonds is 48. The Hall–Kier alpha value is -2.03. The summed E-state index contributed by atoms with van der Waals surface area (Å²) in [6, 6.07) is -0.895. The smallest absolute Gasteiger partial charge is 0.306 e. The number of unbranched alkanes of at least 4 members (excludes halogenated alkanes) is 27. The maximum Gasteiger partial charge on any atom is 0.306 e. The van der Waals surface area contributed by atoms with Crippen molar-refractivity contribution in [3.8, 4) is 0 Å². The number of hydrogen-bond acceptors (Lipinski definition) is 7. The van der Waals surface area contributed by atoms with Gasteiger partial charge in [0.2, 0.25) is 5.91 Å². The Morgan fingerprint density at radius 2 is 0.954 bits per heavy atom. The molecule has 0 aliphatic carbocycles. The lowest BCUT2D eigenvalue weighted by Crippen LogP contribution is -2.47. The molecule has 65 heavy (non-hydrogen) atoms. The molecule has 3 unspecified atom stereocenters. The highest BCUT2D eigenvalue weighted by atomic mass is 31.2. The minimum atomic E-state index is -4.69. The fraction of sp³-hybridized carbons (Fsp3) is 0.818. The topological polar surface area (TPSA) is 114 Å². The van der Waals surface area contributed by atoms with E-state index in [1.165, 1.54) is 89.9 Å². The van der Waals surface area contributed by atoms with Crippen LogP contribution < -0.4 is 10.2 Å². The van der Waals surface area contributed by atoms with Gasteiger partial charge in [0.15, 0.2) is 0 Å². The summed E-state index contributed by atoms with van der Waals surface area (Å²) in [7, 11) is 1.17. The van der Waals surface area contributed by atoms with Crippen LogP contribution in [0.5, 0.6) is 0 Å². The van der Waals surface area contributed by atoms with Crippen LogP contribution in [0, 0.1) is 0 Å². The second kappa shape index (κ2) is 45.7. The summed E-state index contributed by atoms with van der Waals surface area (Å²) in [6.07, 6.45) is 53.5. The van der Waals surface area contributed by atoms with Gasteiger partial charge >= 0.3 is 5.97 Å². The van der Waals surface area contributed by atoms with Gasteiger partial charge in [-0.25, -0.2) is 0 Å². The predicted molar refractivity (Wildman–Crippen MR) is 275 cm³/mol. The van der Waals surface area contributed by atoms with Crippen molar-refractivity contribution in [2.45, 2.75) is 251 Å². The van der Waals surface area contributed by atoms with Crippen LogP contribution in [0.1, 0.15) is 239 Å². The van der Waals surface area contributed by atoms with Gasteiger partial charge in [0.25, 0.3) is 7.82 Å². The van der Waals surface area contributed by atoms with Crippen LogP contribution in [-0.4, -0.2) is 69.4 Å². The molecule has 0 bridgehead atoms. The zero-order chi connectivity index (χ0) is 48.0. The van der Waals surface area contributed by atoms with E-state index in [4.69, 9.17) is 13.8 Å². The van der Waals surface area contributed by atoms with Gasteiger partial charge in [-0.1, -0.05) is 198 Å².